The van der Waals surface area contributed by atoms with Crippen LogP contribution in [0, 0.1) is 29.6 Å². The summed E-state index contributed by atoms with van der Waals surface area (Å²) in [5, 5.41) is 0. The van der Waals surface area contributed by atoms with E-state index in [9.17, 15) is 0 Å². The lowest BCUT2D eigenvalue weighted by atomic mass is 9.84. The zero-order chi connectivity index (χ0) is 23.9. The van der Waals surface area contributed by atoms with Crippen molar-refractivity contribution in [1.82, 2.24) is 0 Å². The normalized spacial score (nSPS) is 39.8. The highest BCUT2D eigenvalue weighted by Crippen LogP contribution is 2.27. The first-order valence-corrected chi connectivity index (χ1v) is 13.6. The van der Waals surface area contributed by atoms with Gasteiger partial charge in [0.25, 0.3) is 0 Å². The van der Waals surface area contributed by atoms with Crippen molar-refractivity contribution in [2.45, 2.75) is 125 Å². The van der Waals surface area contributed by atoms with Gasteiger partial charge in [0.15, 0.2) is 6.29 Å². The minimum atomic E-state index is 0.0196. The zero-order valence-corrected chi connectivity index (χ0v) is 22.7. The molecule has 4 aliphatic rings. The Balaban J connectivity index is 0.000000213. The molecule has 4 heteroatoms. The van der Waals surface area contributed by atoms with Gasteiger partial charge in [-0.2, -0.15) is 0 Å². The lowest BCUT2D eigenvalue weighted by molar-refractivity contribution is -0.187. The van der Waals surface area contributed by atoms with Gasteiger partial charge in [-0.3, -0.25) is 0 Å². The monoisotopic (exact) mass is 456 g/mol. The highest BCUT2D eigenvalue weighted by Gasteiger charge is 2.15. The molecule has 3 aliphatic heterocycles. The Hall–Kier alpha value is -0.160. The van der Waals surface area contributed by atoms with E-state index < -0.39 is 0 Å². The molecule has 3 heterocycles. The summed E-state index contributed by atoms with van der Waals surface area (Å²) in [6, 6.07) is 0. The third kappa shape index (κ3) is 15.6. The van der Waals surface area contributed by atoms with Crippen molar-refractivity contribution in [1.29, 1.82) is 0 Å². The van der Waals surface area contributed by atoms with E-state index in [-0.39, 0.29) is 6.29 Å². The van der Waals surface area contributed by atoms with Crippen LogP contribution in [0.15, 0.2) is 0 Å². The molecule has 192 valence electrons. The van der Waals surface area contributed by atoms with E-state index in [1.54, 1.807) is 0 Å². The molecule has 0 spiro atoms. The van der Waals surface area contributed by atoms with Crippen LogP contribution >= 0.6 is 0 Å². The zero-order valence-electron chi connectivity index (χ0n) is 22.7. The molecule has 4 atom stereocenters. The van der Waals surface area contributed by atoms with Crippen molar-refractivity contribution in [2.24, 2.45) is 29.6 Å². The Morgan fingerprint density at radius 3 is 0.906 bits per heavy atom. The van der Waals surface area contributed by atoms with E-state index in [1.807, 2.05) is 6.92 Å². The number of ether oxygens (including phenoxy) is 4. The first kappa shape index (κ1) is 29.9. The molecule has 4 rings (SSSR count). The van der Waals surface area contributed by atoms with Crippen molar-refractivity contribution in [3.63, 3.8) is 0 Å². The second kappa shape index (κ2) is 17.3. The molecule has 0 aromatic carbocycles. The van der Waals surface area contributed by atoms with Gasteiger partial charge in [-0.05, 0) is 70.1 Å². The van der Waals surface area contributed by atoms with Crippen LogP contribution in [-0.2, 0) is 18.9 Å². The third-order valence-corrected chi connectivity index (χ3v) is 7.00. The van der Waals surface area contributed by atoms with Gasteiger partial charge in [-0.15, -0.1) is 0 Å². The fourth-order valence-corrected chi connectivity index (χ4v) is 4.15. The highest BCUT2D eigenvalue weighted by molar-refractivity contribution is 4.66. The molecule has 1 saturated carbocycles. The first-order valence-electron chi connectivity index (χ1n) is 13.6. The number of hydrogen-bond donors (Lipinski definition) is 0. The topological polar surface area (TPSA) is 36.9 Å². The van der Waals surface area contributed by atoms with Crippen molar-refractivity contribution in [2.75, 3.05) is 26.4 Å². The standard InChI is InChI=1S/C8H16.2C7H14O.C6H12O2/c1-7-3-5-8(2)6-4-7;2*1-6-3-4-7(2)8-5-6;1-5-3-7-6(2)8-4-5/h7-8H,3-6H2,1-2H3;2*6-7H,3-5H2,1-2H3;5-6H,3-4H2,1-2H3. The van der Waals surface area contributed by atoms with Gasteiger partial charge in [-0.25, -0.2) is 0 Å². The Labute approximate surface area is 200 Å². The average molecular weight is 457 g/mol. The van der Waals surface area contributed by atoms with Gasteiger partial charge < -0.3 is 18.9 Å². The summed E-state index contributed by atoms with van der Waals surface area (Å²) in [7, 11) is 0. The number of rotatable bonds is 0. The molecule has 4 nitrogen and oxygen atoms in total. The van der Waals surface area contributed by atoms with Crippen molar-refractivity contribution in [3.8, 4) is 0 Å². The van der Waals surface area contributed by atoms with Gasteiger partial charge >= 0.3 is 0 Å². The molecule has 3 saturated heterocycles. The minimum absolute atomic E-state index is 0.0196. The molecule has 4 fully saturated rings. The summed E-state index contributed by atoms with van der Waals surface area (Å²) in [5.74, 6) is 4.21. The Bertz CT molecular complexity index is 291. The second-order valence-corrected chi connectivity index (χ2v) is 11.4. The fourth-order valence-electron chi connectivity index (χ4n) is 4.15. The van der Waals surface area contributed by atoms with E-state index in [1.165, 1.54) is 51.4 Å². The van der Waals surface area contributed by atoms with Gasteiger partial charge in [0.1, 0.15) is 0 Å². The fraction of sp³-hybridized carbons (Fsp3) is 1.00. The quantitative estimate of drug-likeness (QED) is 0.378. The predicted molar refractivity (Wildman–Crippen MR) is 135 cm³/mol. The smallest absolute Gasteiger partial charge is 0.154 e. The summed E-state index contributed by atoms with van der Waals surface area (Å²) in [4.78, 5) is 0. The maximum absolute atomic E-state index is 5.39. The van der Waals surface area contributed by atoms with Crippen LogP contribution in [-0.4, -0.2) is 44.9 Å². The number of hydrogen-bond acceptors (Lipinski definition) is 4. The van der Waals surface area contributed by atoms with E-state index in [0.717, 1.165) is 50.1 Å². The molecule has 0 aromatic heterocycles. The molecule has 0 amide bonds. The van der Waals surface area contributed by atoms with Gasteiger partial charge in [0, 0.05) is 19.1 Å². The first-order chi connectivity index (χ1) is 15.2. The molecule has 1 aliphatic carbocycles. The Kier molecular flexibility index (Phi) is 16.2. The van der Waals surface area contributed by atoms with E-state index in [0.29, 0.717) is 18.1 Å². The van der Waals surface area contributed by atoms with E-state index in [4.69, 9.17) is 18.9 Å². The van der Waals surface area contributed by atoms with Crippen LogP contribution < -0.4 is 0 Å². The van der Waals surface area contributed by atoms with E-state index in [2.05, 4.69) is 48.5 Å². The van der Waals surface area contributed by atoms with Crippen molar-refractivity contribution in [3.05, 3.63) is 0 Å². The summed E-state index contributed by atoms with van der Waals surface area (Å²) in [6.07, 6.45) is 12.2. The van der Waals surface area contributed by atoms with Crippen LogP contribution in [0.25, 0.3) is 0 Å². The largest absolute Gasteiger partial charge is 0.378 e. The third-order valence-electron chi connectivity index (χ3n) is 7.00. The lowest BCUT2D eigenvalue weighted by Gasteiger charge is -2.24. The second-order valence-electron chi connectivity index (χ2n) is 11.4. The predicted octanol–water partition coefficient (Wildman–Crippen LogP) is 7.49. The molecule has 0 aromatic rings. The average Bonchev–Trinajstić information content (AvgIpc) is 2.78. The molecule has 32 heavy (non-hydrogen) atoms. The van der Waals surface area contributed by atoms with E-state index >= 15 is 0 Å². The van der Waals surface area contributed by atoms with Crippen molar-refractivity contribution >= 4 is 0 Å². The Morgan fingerprint density at radius 1 is 0.344 bits per heavy atom. The molecular weight excluding hydrogens is 400 g/mol. The molecule has 0 N–H and O–H groups in total. The summed E-state index contributed by atoms with van der Waals surface area (Å²) >= 11 is 0. The van der Waals surface area contributed by atoms with Gasteiger partial charge in [0.05, 0.1) is 25.4 Å². The van der Waals surface area contributed by atoms with Gasteiger partial charge in [0.2, 0.25) is 0 Å². The summed E-state index contributed by atoms with van der Waals surface area (Å²) in [5.41, 5.74) is 0. The van der Waals surface area contributed by atoms with Crippen molar-refractivity contribution < 1.29 is 18.9 Å². The summed E-state index contributed by atoms with van der Waals surface area (Å²) in [6.45, 7) is 21.2. The van der Waals surface area contributed by atoms with Crippen LogP contribution in [0.3, 0.4) is 0 Å². The maximum Gasteiger partial charge on any atom is 0.154 e. The highest BCUT2D eigenvalue weighted by atomic mass is 16.7. The van der Waals surface area contributed by atoms with Gasteiger partial charge in [-0.1, -0.05) is 60.3 Å². The minimum Gasteiger partial charge on any atom is -0.378 e. The SMILES string of the molecule is CC1CCC(C)CC1.CC1CCC(C)OC1.CC1CCC(C)OC1.CC1COC(C)OC1. The molecule has 0 bridgehead atoms. The van der Waals surface area contributed by atoms with Crippen LogP contribution in [0.5, 0.6) is 0 Å². The lowest BCUT2D eigenvalue weighted by Crippen LogP contribution is -2.27. The molecule has 0 radical (unpaired) electrons. The van der Waals surface area contributed by atoms with Crippen LogP contribution in [0.2, 0.25) is 0 Å². The molecule has 4 unspecified atom stereocenters. The Morgan fingerprint density at radius 2 is 0.656 bits per heavy atom. The summed E-state index contributed by atoms with van der Waals surface area (Å²) < 4.78 is 21.1. The van der Waals surface area contributed by atoms with Crippen LogP contribution in [0.4, 0.5) is 0 Å². The van der Waals surface area contributed by atoms with Crippen LogP contribution in [0.1, 0.15) is 107 Å². The molecular formula is C28H56O4. The maximum atomic E-state index is 5.39.